The fourth-order valence-electron chi connectivity index (χ4n) is 4.44. The molecule has 0 radical (unpaired) electrons. The van der Waals surface area contributed by atoms with Crippen molar-refractivity contribution in [2.75, 3.05) is 13.7 Å². The van der Waals surface area contributed by atoms with Gasteiger partial charge in [-0.3, -0.25) is 4.79 Å². The number of fused-ring (bicyclic) bond motifs is 1. The number of hydrogen-bond donors (Lipinski definition) is 2. The summed E-state index contributed by atoms with van der Waals surface area (Å²) in [5.41, 5.74) is 3.09. The van der Waals surface area contributed by atoms with Gasteiger partial charge in [-0.25, -0.2) is 4.79 Å². The maximum absolute atomic E-state index is 12.1. The van der Waals surface area contributed by atoms with Gasteiger partial charge in [0.15, 0.2) is 6.29 Å². The maximum atomic E-state index is 12.1. The lowest BCUT2D eigenvalue weighted by Gasteiger charge is -2.34. The zero-order valence-electron chi connectivity index (χ0n) is 19.2. The van der Waals surface area contributed by atoms with Crippen LogP contribution in [0.4, 0.5) is 4.79 Å². The van der Waals surface area contributed by atoms with Gasteiger partial charge < -0.3 is 24.6 Å². The van der Waals surface area contributed by atoms with Crippen LogP contribution < -0.4 is 9.47 Å². The molecular weight excluding hydrogens is 470 g/mol. The van der Waals surface area contributed by atoms with E-state index < -0.39 is 12.2 Å². The summed E-state index contributed by atoms with van der Waals surface area (Å²) in [5.74, 6) is 1.55. The van der Waals surface area contributed by atoms with E-state index in [-0.39, 0.29) is 12.6 Å². The summed E-state index contributed by atoms with van der Waals surface area (Å²) in [6, 6.07) is 17.3. The molecule has 0 saturated heterocycles. The van der Waals surface area contributed by atoms with E-state index in [9.17, 15) is 19.8 Å². The van der Waals surface area contributed by atoms with Gasteiger partial charge in [0.05, 0.1) is 25.3 Å². The van der Waals surface area contributed by atoms with Crippen LogP contribution in [0.3, 0.4) is 0 Å². The third-order valence-electron chi connectivity index (χ3n) is 6.23. The summed E-state index contributed by atoms with van der Waals surface area (Å²) >= 11 is 6.02. The number of aldehydes is 1. The Kier molecular flexibility index (Phi) is 7.58. The fraction of sp³-hybridized carbons (Fsp3) is 0.259. The second-order valence-corrected chi connectivity index (χ2v) is 8.89. The number of aryl methyl sites for hydroxylation is 1. The Morgan fingerprint density at radius 2 is 1.91 bits per heavy atom. The van der Waals surface area contributed by atoms with Gasteiger partial charge in [0.2, 0.25) is 0 Å². The number of aliphatic hydroxyl groups is 1. The lowest BCUT2D eigenvalue weighted by Crippen LogP contribution is -2.44. The molecule has 4 rings (SSSR count). The van der Waals surface area contributed by atoms with Crippen molar-refractivity contribution in [3.63, 3.8) is 0 Å². The lowest BCUT2D eigenvalue weighted by molar-refractivity contribution is 0.0727. The van der Waals surface area contributed by atoms with Crippen molar-refractivity contribution in [3.05, 3.63) is 87.9 Å². The number of carboxylic acid groups (broad SMARTS) is 1. The second-order valence-electron chi connectivity index (χ2n) is 8.46. The number of methoxy groups -OCH3 is 1. The van der Waals surface area contributed by atoms with Gasteiger partial charge in [-0.2, -0.15) is 0 Å². The molecule has 0 fully saturated rings. The summed E-state index contributed by atoms with van der Waals surface area (Å²) < 4.78 is 11.1. The molecule has 0 heterocycles. The van der Waals surface area contributed by atoms with Crippen LogP contribution in [0.5, 0.6) is 17.2 Å². The number of nitrogens with zero attached hydrogens (tertiary/aromatic N) is 1. The summed E-state index contributed by atoms with van der Waals surface area (Å²) in [7, 11) is 1.50. The molecule has 35 heavy (non-hydrogen) atoms. The van der Waals surface area contributed by atoms with Crippen LogP contribution in [0, 0.1) is 0 Å². The van der Waals surface area contributed by atoms with Crippen molar-refractivity contribution in [3.8, 4) is 17.2 Å². The average Bonchev–Trinajstić information content (AvgIpc) is 2.86. The van der Waals surface area contributed by atoms with Crippen molar-refractivity contribution in [2.24, 2.45) is 0 Å². The number of carbonyl (C=O) groups excluding carboxylic acids is 1. The van der Waals surface area contributed by atoms with Crippen LogP contribution in [0.1, 0.15) is 39.6 Å². The summed E-state index contributed by atoms with van der Waals surface area (Å²) in [6.45, 7) is -0.0494. The van der Waals surface area contributed by atoms with E-state index in [0.717, 1.165) is 17.5 Å². The van der Waals surface area contributed by atoms with Gasteiger partial charge in [0.25, 0.3) is 0 Å². The van der Waals surface area contributed by atoms with E-state index in [2.05, 4.69) is 0 Å². The maximum Gasteiger partial charge on any atom is 0.407 e. The molecule has 3 aromatic carbocycles. The Labute approximate surface area is 208 Å². The Morgan fingerprint density at radius 1 is 1.14 bits per heavy atom. The number of carbonyl (C=O) groups is 2. The fourth-order valence-corrected chi connectivity index (χ4v) is 4.64. The highest BCUT2D eigenvalue weighted by molar-refractivity contribution is 6.30. The largest absolute Gasteiger partial charge is 0.496 e. The topological polar surface area (TPSA) is 96.3 Å². The highest BCUT2D eigenvalue weighted by atomic mass is 35.5. The Balaban J connectivity index is 1.50. The minimum absolute atomic E-state index is 0.0494. The molecule has 8 heteroatoms. The molecule has 1 amide bonds. The Morgan fingerprint density at radius 3 is 2.63 bits per heavy atom. The minimum Gasteiger partial charge on any atom is -0.496 e. The highest BCUT2D eigenvalue weighted by Gasteiger charge is 2.30. The third kappa shape index (κ3) is 5.75. The monoisotopic (exact) mass is 495 g/mol. The number of rotatable bonds is 8. The van der Waals surface area contributed by atoms with Gasteiger partial charge in [-0.05, 0) is 78.4 Å². The summed E-state index contributed by atoms with van der Waals surface area (Å²) in [6.07, 6.45) is 0.526. The van der Waals surface area contributed by atoms with E-state index in [4.69, 9.17) is 21.1 Å². The summed E-state index contributed by atoms with van der Waals surface area (Å²) in [4.78, 5) is 24.7. The smallest absolute Gasteiger partial charge is 0.407 e. The molecule has 0 aliphatic heterocycles. The van der Waals surface area contributed by atoms with Crippen LogP contribution >= 0.6 is 11.6 Å². The molecule has 0 bridgehead atoms. The molecule has 7 nitrogen and oxygen atoms in total. The minimum atomic E-state index is -1.08. The van der Waals surface area contributed by atoms with E-state index in [1.54, 1.807) is 42.5 Å². The molecule has 2 atom stereocenters. The second kappa shape index (κ2) is 10.8. The first-order valence-electron chi connectivity index (χ1n) is 11.2. The van der Waals surface area contributed by atoms with Gasteiger partial charge in [0, 0.05) is 11.1 Å². The Bertz CT molecular complexity index is 1230. The number of benzene rings is 3. The zero-order valence-corrected chi connectivity index (χ0v) is 19.9. The standard InChI is InChI=1S/C27H26ClNO6/c1-34-26-10-9-24(14-20(26)16-30)35-23-8-6-17-5-7-22(12-19(17)13-23)29(27(32)33)15-25(31)18-3-2-4-21(28)11-18/h2-4,6,8-11,13-14,16,22,25,31H,5,7,12,15H2,1H3,(H,32,33)/t22-,25-/m0/s1. The molecule has 3 aromatic rings. The molecule has 0 saturated carbocycles. The SMILES string of the molecule is COc1ccc(Oc2ccc3c(c2)C[C@@H](N(C[C@H](O)c2cccc(Cl)c2)C(=O)O)CC3)cc1C=O. The zero-order chi connectivity index (χ0) is 24.9. The van der Waals surface area contributed by atoms with Gasteiger partial charge in [-0.1, -0.05) is 29.8 Å². The molecule has 0 spiro atoms. The van der Waals surface area contributed by atoms with E-state index in [0.29, 0.717) is 52.5 Å². The van der Waals surface area contributed by atoms with Crippen molar-refractivity contribution in [1.29, 1.82) is 0 Å². The van der Waals surface area contributed by atoms with E-state index >= 15 is 0 Å². The Hall–Kier alpha value is -3.55. The number of aliphatic hydroxyl groups excluding tert-OH is 1. The first-order valence-corrected chi connectivity index (χ1v) is 11.6. The van der Waals surface area contributed by atoms with Crippen molar-refractivity contribution in [1.82, 2.24) is 4.90 Å². The van der Waals surface area contributed by atoms with Crippen molar-refractivity contribution in [2.45, 2.75) is 31.4 Å². The molecule has 1 aliphatic rings. The van der Waals surface area contributed by atoms with Gasteiger partial charge >= 0.3 is 6.09 Å². The first-order chi connectivity index (χ1) is 16.9. The highest BCUT2D eigenvalue weighted by Crippen LogP contribution is 2.32. The van der Waals surface area contributed by atoms with E-state index in [1.165, 1.54) is 12.0 Å². The van der Waals surface area contributed by atoms with Gasteiger partial charge in [0.1, 0.15) is 17.2 Å². The number of ether oxygens (including phenoxy) is 2. The quantitative estimate of drug-likeness (QED) is 0.399. The molecule has 1 aliphatic carbocycles. The van der Waals surface area contributed by atoms with Crippen LogP contribution in [0.25, 0.3) is 0 Å². The lowest BCUT2D eigenvalue weighted by atomic mass is 9.87. The molecule has 0 aromatic heterocycles. The average molecular weight is 496 g/mol. The predicted molar refractivity (Wildman–Crippen MR) is 132 cm³/mol. The first kappa shape index (κ1) is 24.6. The molecule has 182 valence electrons. The van der Waals surface area contributed by atoms with Crippen LogP contribution in [0.15, 0.2) is 60.7 Å². The predicted octanol–water partition coefficient (Wildman–Crippen LogP) is 5.52. The van der Waals surface area contributed by atoms with Crippen LogP contribution in [0.2, 0.25) is 5.02 Å². The van der Waals surface area contributed by atoms with Gasteiger partial charge in [-0.15, -0.1) is 0 Å². The number of halogens is 1. The number of hydrogen-bond acceptors (Lipinski definition) is 5. The van der Waals surface area contributed by atoms with Crippen molar-refractivity contribution < 1.29 is 29.3 Å². The summed E-state index contributed by atoms with van der Waals surface area (Å²) in [5, 5.41) is 21.0. The molecular formula is C27H26ClNO6. The number of amides is 1. The van der Waals surface area contributed by atoms with Crippen molar-refractivity contribution >= 4 is 24.0 Å². The van der Waals surface area contributed by atoms with Crippen LogP contribution in [-0.2, 0) is 12.8 Å². The van der Waals surface area contributed by atoms with Crippen LogP contribution in [-0.4, -0.2) is 47.2 Å². The third-order valence-corrected chi connectivity index (χ3v) is 6.47. The van der Waals surface area contributed by atoms with E-state index in [1.807, 2.05) is 18.2 Å². The normalized spacial score (nSPS) is 15.6. The molecule has 2 N–H and O–H groups in total. The molecule has 0 unspecified atom stereocenters.